The molecule has 0 fully saturated rings. The molecule has 0 amide bonds. The Morgan fingerprint density at radius 2 is 1.06 bits per heavy atom. The first-order valence-electron chi connectivity index (χ1n) is 14.2. The van der Waals surface area contributed by atoms with Crippen molar-refractivity contribution < 1.29 is 53.5 Å². The van der Waals surface area contributed by atoms with E-state index in [4.69, 9.17) is 5.26 Å². The van der Waals surface area contributed by atoms with Gasteiger partial charge in [0.1, 0.15) is 16.3 Å². The third-order valence-electron chi connectivity index (χ3n) is 7.21. The summed E-state index contributed by atoms with van der Waals surface area (Å²) in [6, 6.07) is 19.4. The van der Waals surface area contributed by atoms with E-state index in [0.29, 0.717) is 50.7 Å². The zero-order valence-electron chi connectivity index (χ0n) is 25.8. The molecule has 0 aliphatic rings. The lowest BCUT2D eigenvalue weighted by molar-refractivity contribution is -0.432. The first-order chi connectivity index (χ1) is 24.6. The van der Waals surface area contributed by atoms with Gasteiger partial charge >= 0.3 is 0 Å². The van der Waals surface area contributed by atoms with Gasteiger partial charge in [0.05, 0.1) is 45.6 Å². The maximum absolute atomic E-state index is 12.4. The van der Waals surface area contributed by atoms with E-state index in [-0.39, 0.29) is 21.0 Å². The van der Waals surface area contributed by atoms with E-state index >= 15 is 0 Å². The summed E-state index contributed by atoms with van der Waals surface area (Å²) in [7, 11) is -13.5. The lowest BCUT2D eigenvalue weighted by Gasteiger charge is -2.08. The Bertz CT molecular complexity index is 2640. The molecule has 0 saturated heterocycles. The van der Waals surface area contributed by atoms with Gasteiger partial charge in [0.15, 0.2) is 0 Å². The SMILES string of the molecule is O=S(=O)(O)c1ccc(-c2cnn(-c3ccc(/C=C/c4ccc(-n5ncc(-c6ccc(S(=O)(=O)O)cc6)n5)cc4S(=O)(=O)O)c(SOOO)c3)n2)cc1. The number of nitrogens with zero attached hydrogens (tertiary/aromatic N) is 6. The first-order valence-corrected chi connectivity index (χ1v) is 19.3. The second kappa shape index (κ2) is 14.5. The van der Waals surface area contributed by atoms with Crippen molar-refractivity contribution in [1.29, 1.82) is 0 Å². The molecule has 0 unspecified atom stereocenters. The highest BCUT2D eigenvalue weighted by Crippen LogP contribution is 2.30. The van der Waals surface area contributed by atoms with Crippen molar-refractivity contribution in [2.45, 2.75) is 19.6 Å². The molecule has 2 heterocycles. The van der Waals surface area contributed by atoms with E-state index < -0.39 is 35.2 Å². The van der Waals surface area contributed by atoms with Crippen LogP contribution in [0.15, 0.2) is 117 Å². The van der Waals surface area contributed by atoms with Crippen LogP contribution in [0, 0.1) is 0 Å². The van der Waals surface area contributed by atoms with Crippen LogP contribution in [0.5, 0.6) is 0 Å². The fourth-order valence-corrected chi connectivity index (χ4v) is 6.90. The average molecular weight is 787 g/mol. The fraction of sp³-hybridized carbons (Fsp3) is 0. The summed E-state index contributed by atoms with van der Waals surface area (Å²) >= 11 is 0.607. The van der Waals surface area contributed by atoms with Crippen molar-refractivity contribution in [3.63, 3.8) is 0 Å². The van der Waals surface area contributed by atoms with Crippen LogP contribution in [-0.2, 0) is 39.7 Å². The normalized spacial score (nSPS) is 12.5. The third-order valence-corrected chi connectivity index (χ3v) is 10.5. The topological polar surface area (TPSA) is 263 Å². The molecule has 0 spiro atoms. The molecule has 0 aliphatic heterocycles. The van der Waals surface area contributed by atoms with Crippen molar-refractivity contribution in [2.24, 2.45) is 0 Å². The zero-order chi connectivity index (χ0) is 37.3. The number of hydrogen-bond donors (Lipinski definition) is 4. The molecule has 0 saturated carbocycles. The van der Waals surface area contributed by atoms with E-state index in [1.165, 1.54) is 90.0 Å². The molecule has 4 N–H and O–H groups in total. The molecule has 22 heteroatoms. The lowest BCUT2D eigenvalue weighted by atomic mass is 10.1. The van der Waals surface area contributed by atoms with Gasteiger partial charge in [0.2, 0.25) is 0 Å². The maximum Gasteiger partial charge on any atom is 0.295 e. The summed E-state index contributed by atoms with van der Waals surface area (Å²) in [5.41, 5.74) is 2.78. The van der Waals surface area contributed by atoms with Crippen LogP contribution in [0.1, 0.15) is 11.1 Å². The quantitative estimate of drug-likeness (QED) is 0.0437. The first kappa shape index (κ1) is 36.6. The number of aromatic nitrogens is 6. The van der Waals surface area contributed by atoms with E-state index in [0.717, 1.165) is 10.9 Å². The predicted octanol–water partition coefficient (Wildman–Crippen LogP) is 4.52. The van der Waals surface area contributed by atoms with Gasteiger partial charge in [-0.15, -0.1) is 14.5 Å². The van der Waals surface area contributed by atoms with Crippen LogP contribution in [0.25, 0.3) is 46.0 Å². The Kier molecular flexibility index (Phi) is 10.2. The zero-order valence-corrected chi connectivity index (χ0v) is 29.0. The average Bonchev–Trinajstić information content (AvgIpc) is 3.80. The highest BCUT2D eigenvalue weighted by molar-refractivity contribution is 7.94. The van der Waals surface area contributed by atoms with Gasteiger partial charge in [-0.05, 0) is 59.7 Å². The van der Waals surface area contributed by atoms with E-state index in [9.17, 15) is 38.9 Å². The summed E-state index contributed by atoms with van der Waals surface area (Å²) in [6.45, 7) is 0. The minimum absolute atomic E-state index is 0.0807. The van der Waals surface area contributed by atoms with E-state index in [1.807, 2.05) is 0 Å². The number of benzene rings is 4. The molecule has 4 aromatic carbocycles. The van der Waals surface area contributed by atoms with Crippen LogP contribution in [0.4, 0.5) is 0 Å². The predicted molar refractivity (Wildman–Crippen MR) is 183 cm³/mol. The summed E-state index contributed by atoms with van der Waals surface area (Å²) in [5, 5.41) is 29.6. The van der Waals surface area contributed by atoms with Gasteiger partial charge in [0.25, 0.3) is 30.4 Å². The van der Waals surface area contributed by atoms with Crippen molar-refractivity contribution in [1.82, 2.24) is 30.0 Å². The summed E-state index contributed by atoms with van der Waals surface area (Å²) in [4.78, 5) is 1.66. The van der Waals surface area contributed by atoms with Crippen LogP contribution in [0.3, 0.4) is 0 Å². The maximum atomic E-state index is 12.4. The molecular formula is C30H22N6O12S4. The highest BCUT2D eigenvalue weighted by Gasteiger charge is 2.18. The monoisotopic (exact) mass is 786 g/mol. The standard InChI is InChI=1S/C30H22N6O12S4/c37-47-48-49-29-15-23(35-31-17-27(33-35)19-5-11-25(12-6-19)50(38,39)40)9-3-21(29)1-2-22-4-10-24(16-30(22)52(44,45)46)36-32-18-28(34-36)20-7-13-26(14-8-20)51(41,42)43/h1-18,37H,(H,38,39,40)(H,41,42,43)(H,44,45,46)/b2-1+. The van der Waals surface area contributed by atoms with Crippen molar-refractivity contribution in [3.05, 3.63) is 108 Å². The Balaban J connectivity index is 1.27. The van der Waals surface area contributed by atoms with Gasteiger partial charge in [-0.2, -0.15) is 45.0 Å². The molecular weight excluding hydrogens is 765 g/mol. The van der Waals surface area contributed by atoms with Crippen molar-refractivity contribution >= 4 is 54.5 Å². The van der Waals surface area contributed by atoms with E-state index in [1.54, 1.807) is 18.2 Å². The Morgan fingerprint density at radius 3 is 1.52 bits per heavy atom. The van der Waals surface area contributed by atoms with Gasteiger partial charge in [-0.25, -0.2) is 5.26 Å². The van der Waals surface area contributed by atoms with Crippen LogP contribution < -0.4 is 0 Å². The molecule has 0 aliphatic carbocycles. The molecule has 6 rings (SSSR count). The Morgan fingerprint density at radius 1 is 0.596 bits per heavy atom. The molecule has 0 bridgehead atoms. The molecule has 0 radical (unpaired) electrons. The van der Waals surface area contributed by atoms with E-state index in [2.05, 4.69) is 29.8 Å². The smallest absolute Gasteiger partial charge is 0.282 e. The summed E-state index contributed by atoms with van der Waals surface area (Å²) < 4.78 is 103. The second-order valence-electron chi connectivity index (χ2n) is 10.5. The summed E-state index contributed by atoms with van der Waals surface area (Å²) in [5.74, 6) is 0. The van der Waals surface area contributed by atoms with Gasteiger partial charge in [-0.3, -0.25) is 13.7 Å². The van der Waals surface area contributed by atoms with Crippen molar-refractivity contribution in [2.75, 3.05) is 0 Å². The largest absolute Gasteiger partial charge is 0.295 e. The molecule has 52 heavy (non-hydrogen) atoms. The Hall–Kier alpha value is -5.14. The highest BCUT2D eigenvalue weighted by atomic mass is 32.2. The third kappa shape index (κ3) is 8.32. The molecule has 2 aromatic heterocycles. The number of hydrogen-bond acceptors (Lipinski definition) is 14. The van der Waals surface area contributed by atoms with Crippen LogP contribution >= 0.6 is 12.0 Å². The van der Waals surface area contributed by atoms with Gasteiger partial charge in [-0.1, -0.05) is 53.6 Å². The molecule has 268 valence electrons. The van der Waals surface area contributed by atoms with Gasteiger partial charge in [0, 0.05) is 16.0 Å². The fourth-order valence-electron chi connectivity index (χ4n) is 4.73. The minimum Gasteiger partial charge on any atom is -0.282 e. The second-order valence-corrected chi connectivity index (χ2v) is 15.5. The molecule has 6 aromatic rings. The Labute approximate surface area is 298 Å². The number of rotatable bonds is 12. The molecule has 0 atom stereocenters. The molecule has 18 nitrogen and oxygen atoms in total. The van der Waals surface area contributed by atoms with Crippen molar-refractivity contribution in [3.8, 4) is 33.9 Å². The van der Waals surface area contributed by atoms with Crippen LogP contribution in [-0.4, -0.2) is 74.2 Å². The summed E-state index contributed by atoms with van der Waals surface area (Å²) in [6.07, 6.45) is 5.70. The van der Waals surface area contributed by atoms with Gasteiger partial charge < -0.3 is 0 Å². The lowest BCUT2D eigenvalue weighted by Crippen LogP contribution is -2.05. The minimum atomic E-state index is -4.78. The van der Waals surface area contributed by atoms with Crippen LogP contribution in [0.2, 0.25) is 0 Å².